The molecule has 0 saturated carbocycles. The maximum Gasteiger partial charge on any atom is 0.274 e. The minimum absolute atomic E-state index is 0.0372. The van der Waals surface area contributed by atoms with Crippen LogP contribution in [0.3, 0.4) is 0 Å². The lowest BCUT2D eigenvalue weighted by Crippen LogP contribution is -2.57. The zero-order chi connectivity index (χ0) is 34.1. The van der Waals surface area contributed by atoms with Crippen molar-refractivity contribution in [3.05, 3.63) is 83.5 Å². The quantitative estimate of drug-likeness (QED) is 0.193. The van der Waals surface area contributed by atoms with E-state index in [1.165, 1.54) is 0 Å². The summed E-state index contributed by atoms with van der Waals surface area (Å²) in [5.74, 6) is -1.23. The van der Waals surface area contributed by atoms with Crippen molar-refractivity contribution in [2.45, 2.75) is 70.3 Å². The Morgan fingerprint density at radius 2 is 1.48 bits per heavy atom. The average Bonchev–Trinajstić information content (AvgIpc) is 3.66. The molecule has 0 spiro atoms. The van der Waals surface area contributed by atoms with E-state index in [4.69, 9.17) is 14.0 Å². The highest BCUT2D eigenvalue weighted by Crippen LogP contribution is 2.29. The lowest BCUT2D eigenvalue weighted by Gasteiger charge is -2.26. The fourth-order valence-electron chi connectivity index (χ4n) is 5.60. The van der Waals surface area contributed by atoms with Gasteiger partial charge in [-0.15, -0.1) is 0 Å². The Bertz CT molecular complexity index is 1540. The smallest absolute Gasteiger partial charge is 0.274 e. The van der Waals surface area contributed by atoms with E-state index in [9.17, 15) is 19.2 Å². The van der Waals surface area contributed by atoms with Crippen LogP contribution < -0.4 is 16.0 Å². The minimum Gasteiger partial charge on any atom is -0.379 e. The second-order valence-electron chi connectivity index (χ2n) is 13.0. The SMILES string of the molecule is CC(C)C[C@H](NC(=O)[C@H](Cc1ccccc1)NC(=O)[C@H](Cc1ccncc1)NC(=O)c1cc(CN2CCOCC2)on1)C(=O)[C@@]1(C)CO1. The van der Waals surface area contributed by atoms with Gasteiger partial charge in [-0.1, -0.05) is 49.3 Å². The highest BCUT2D eigenvalue weighted by Gasteiger charge is 2.50. The number of hydrogen-bond acceptors (Lipinski definition) is 10. The number of nitrogens with one attached hydrogen (secondary N) is 3. The number of ether oxygens (including phenoxy) is 2. The molecule has 5 rings (SSSR count). The zero-order valence-electron chi connectivity index (χ0n) is 27.6. The fraction of sp³-hybridized carbons (Fsp3) is 0.486. The minimum atomic E-state index is -1.07. The molecule has 3 aromatic rings. The molecular formula is C35H44N6O7. The Morgan fingerprint density at radius 3 is 2.10 bits per heavy atom. The summed E-state index contributed by atoms with van der Waals surface area (Å²) in [5.41, 5.74) is 0.680. The van der Waals surface area contributed by atoms with Crippen LogP contribution in [0.15, 0.2) is 65.4 Å². The van der Waals surface area contributed by atoms with Gasteiger partial charge in [0.25, 0.3) is 5.91 Å². The molecule has 0 unspecified atom stereocenters. The molecule has 1 aromatic carbocycles. The summed E-state index contributed by atoms with van der Waals surface area (Å²) in [6.45, 7) is 9.17. The largest absolute Gasteiger partial charge is 0.379 e. The van der Waals surface area contributed by atoms with Gasteiger partial charge in [0, 0.05) is 44.4 Å². The number of morpholine rings is 1. The van der Waals surface area contributed by atoms with Crippen molar-refractivity contribution < 1.29 is 33.2 Å². The maximum absolute atomic E-state index is 14.0. The number of carbonyl (C=O) groups is 4. The van der Waals surface area contributed by atoms with E-state index in [0.29, 0.717) is 38.5 Å². The molecule has 48 heavy (non-hydrogen) atoms. The van der Waals surface area contributed by atoms with E-state index in [-0.39, 0.29) is 30.2 Å². The number of nitrogens with zero attached hydrogens (tertiary/aromatic N) is 3. The first-order valence-corrected chi connectivity index (χ1v) is 16.4. The van der Waals surface area contributed by atoms with Gasteiger partial charge in [-0.25, -0.2) is 0 Å². The van der Waals surface area contributed by atoms with Crippen LogP contribution in [0.4, 0.5) is 0 Å². The van der Waals surface area contributed by atoms with Crippen molar-refractivity contribution in [3.8, 4) is 0 Å². The number of hydrogen-bond donors (Lipinski definition) is 3. The third-order valence-corrected chi connectivity index (χ3v) is 8.44. The summed E-state index contributed by atoms with van der Waals surface area (Å²) >= 11 is 0. The number of carbonyl (C=O) groups excluding carboxylic acids is 4. The number of ketones is 1. The van der Waals surface area contributed by atoms with E-state index in [2.05, 4.69) is 31.0 Å². The monoisotopic (exact) mass is 660 g/mol. The van der Waals surface area contributed by atoms with Gasteiger partial charge in [0.15, 0.2) is 17.2 Å². The fourth-order valence-corrected chi connectivity index (χ4v) is 5.60. The summed E-state index contributed by atoms with van der Waals surface area (Å²) < 4.78 is 16.2. The Labute approximate surface area is 280 Å². The zero-order valence-corrected chi connectivity index (χ0v) is 27.6. The average molecular weight is 661 g/mol. The molecule has 2 aliphatic heterocycles. The van der Waals surface area contributed by atoms with Gasteiger partial charge in [-0.3, -0.25) is 29.1 Å². The summed E-state index contributed by atoms with van der Waals surface area (Å²) in [4.78, 5) is 60.7. The van der Waals surface area contributed by atoms with E-state index < -0.39 is 41.4 Å². The van der Waals surface area contributed by atoms with E-state index in [0.717, 1.165) is 24.2 Å². The van der Waals surface area contributed by atoms with Crippen LogP contribution in [0, 0.1) is 5.92 Å². The third kappa shape index (κ3) is 9.78. The molecule has 2 fully saturated rings. The second-order valence-corrected chi connectivity index (χ2v) is 13.0. The van der Waals surface area contributed by atoms with Crippen LogP contribution in [0.5, 0.6) is 0 Å². The summed E-state index contributed by atoms with van der Waals surface area (Å²) in [6, 6.07) is 11.4. The van der Waals surface area contributed by atoms with Crippen molar-refractivity contribution in [3.63, 3.8) is 0 Å². The van der Waals surface area contributed by atoms with Gasteiger partial charge in [0.1, 0.15) is 17.7 Å². The van der Waals surface area contributed by atoms with Gasteiger partial charge in [0.05, 0.1) is 32.4 Å². The molecule has 0 aliphatic carbocycles. The molecule has 0 radical (unpaired) electrons. The van der Waals surface area contributed by atoms with E-state index >= 15 is 0 Å². The van der Waals surface area contributed by atoms with Gasteiger partial charge in [-0.2, -0.15) is 0 Å². The lowest BCUT2D eigenvalue weighted by atomic mass is 9.93. The van der Waals surface area contributed by atoms with Crippen molar-refractivity contribution in [1.29, 1.82) is 0 Å². The number of amides is 3. The Morgan fingerprint density at radius 1 is 0.875 bits per heavy atom. The van der Waals surface area contributed by atoms with E-state index in [1.54, 1.807) is 37.5 Å². The predicted molar refractivity (Wildman–Crippen MR) is 175 cm³/mol. The van der Waals surface area contributed by atoms with Gasteiger partial charge < -0.3 is 29.9 Å². The standard InChI is InChI=1S/C35H44N6O7/c1-23(2)17-27(31(42)35(3)22-47-35)37-32(43)28(18-24-7-5-4-6-8-24)38-33(44)29(19-25-9-11-36-12-10-25)39-34(45)30-20-26(48-40-30)21-41-13-15-46-16-14-41/h4-12,20,23,27-29H,13-19,21-22H2,1-3H3,(H,37,43)(H,38,44)(H,39,45)/t27-,28-,29-,35+/m0/s1. The van der Waals surface area contributed by atoms with Crippen molar-refractivity contribution in [2.24, 2.45) is 5.92 Å². The Balaban J connectivity index is 1.33. The van der Waals surface area contributed by atoms with Crippen molar-refractivity contribution in [1.82, 2.24) is 31.0 Å². The molecule has 256 valence electrons. The summed E-state index contributed by atoms with van der Waals surface area (Å²) in [6.07, 6.45) is 3.91. The maximum atomic E-state index is 14.0. The van der Waals surface area contributed by atoms with Crippen LogP contribution in [0.25, 0.3) is 0 Å². The lowest BCUT2D eigenvalue weighted by molar-refractivity contribution is -0.133. The first-order valence-electron chi connectivity index (χ1n) is 16.4. The van der Waals surface area contributed by atoms with Crippen LogP contribution in [-0.2, 0) is 43.2 Å². The molecule has 4 atom stereocenters. The van der Waals surface area contributed by atoms with Crippen molar-refractivity contribution in [2.75, 3.05) is 32.9 Å². The van der Waals surface area contributed by atoms with Crippen LogP contribution in [-0.4, -0.2) is 95.2 Å². The molecule has 2 aliphatic rings. The van der Waals surface area contributed by atoms with E-state index in [1.807, 2.05) is 44.2 Å². The second kappa shape index (κ2) is 16.1. The molecule has 13 nitrogen and oxygen atoms in total. The number of Topliss-reactive ketones (excluding diaryl/α,β-unsaturated/α-hetero) is 1. The highest BCUT2D eigenvalue weighted by molar-refractivity contribution is 5.99. The predicted octanol–water partition coefficient (Wildman–Crippen LogP) is 1.86. The topological polar surface area (TPSA) is 168 Å². The molecule has 4 heterocycles. The summed E-state index contributed by atoms with van der Waals surface area (Å²) in [7, 11) is 0. The number of benzene rings is 1. The number of pyridine rings is 1. The molecule has 0 bridgehead atoms. The van der Waals surface area contributed by atoms with Crippen LogP contribution in [0.2, 0.25) is 0 Å². The number of epoxide rings is 1. The van der Waals surface area contributed by atoms with Crippen molar-refractivity contribution >= 4 is 23.5 Å². The molecule has 2 saturated heterocycles. The Hall–Kier alpha value is -4.46. The van der Waals surface area contributed by atoms with Crippen LogP contribution in [0.1, 0.15) is 54.6 Å². The first kappa shape index (κ1) is 34.9. The van der Waals surface area contributed by atoms with Gasteiger partial charge in [-0.05, 0) is 42.5 Å². The molecule has 3 N–H and O–H groups in total. The molecular weight excluding hydrogens is 616 g/mol. The normalized spacial score (nSPS) is 19.6. The van der Waals surface area contributed by atoms with Crippen LogP contribution >= 0.6 is 0 Å². The summed E-state index contributed by atoms with van der Waals surface area (Å²) in [5, 5.41) is 12.5. The first-order chi connectivity index (χ1) is 23.1. The third-order valence-electron chi connectivity index (χ3n) is 8.44. The Kier molecular flexibility index (Phi) is 11.7. The highest BCUT2D eigenvalue weighted by atomic mass is 16.6. The number of rotatable bonds is 16. The molecule has 13 heteroatoms. The number of aromatic nitrogens is 2. The molecule has 2 aromatic heterocycles. The van der Waals surface area contributed by atoms with Gasteiger partial charge >= 0.3 is 0 Å². The van der Waals surface area contributed by atoms with Gasteiger partial charge in [0.2, 0.25) is 11.8 Å². The molecule has 3 amide bonds.